The maximum absolute atomic E-state index is 12.3. The number of nitriles is 1. The van der Waals surface area contributed by atoms with Crippen LogP contribution in [0, 0.1) is 11.3 Å². The lowest BCUT2D eigenvalue weighted by Gasteiger charge is -2.18. The molecule has 0 aliphatic heterocycles. The highest BCUT2D eigenvalue weighted by Gasteiger charge is 2.18. The van der Waals surface area contributed by atoms with Crippen molar-refractivity contribution in [3.8, 4) is 17.6 Å². The van der Waals surface area contributed by atoms with Crippen molar-refractivity contribution in [1.82, 2.24) is 4.98 Å². The summed E-state index contributed by atoms with van der Waals surface area (Å²) in [5.74, 6) is 0.908. The van der Waals surface area contributed by atoms with E-state index in [-0.39, 0.29) is 12.5 Å². The van der Waals surface area contributed by atoms with Crippen molar-refractivity contribution in [2.24, 2.45) is 0 Å². The zero-order chi connectivity index (χ0) is 20.8. The van der Waals surface area contributed by atoms with E-state index in [9.17, 15) is 4.79 Å². The van der Waals surface area contributed by atoms with E-state index in [1.165, 1.54) is 30.9 Å². The lowest BCUT2D eigenvalue weighted by atomic mass is 10.1. The van der Waals surface area contributed by atoms with Crippen LogP contribution < -0.4 is 14.4 Å². The predicted molar refractivity (Wildman–Crippen MR) is 113 cm³/mol. The van der Waals surface area contributed by atoms with Crippen LogP contribution in [0.2, 0.25) is 0 Å². The molecule has 1 aromatic heterocycles. The number of nitrogens with zero attached hydrogens (tertiary/aromatic N) is 3. The molecule has 0 aliphatic rings. The maximum Gasteiger partial charge on any atom is 0.230 e. The molecule has 0 unspecified atom stereocenters. The average molecular weight is 407 g/mol. The van der Waals surface area contributed by atoms with E-state index >= 15 is 0 Å². The lowest BCUT2D eigenvalue weighted by molar-refractivity contribution is -0.115. The Kier molecular flexibility index (Phi) is 6.47. The van der Waals surface area contributed by atoms with Crippen molar-refractivity contribution < 1.29 is 14.3 Å². The molecule has 0 saturated carbocycles. The van der Waals surface area contributed by atoms with Gasteiger partial charge in [0.05, 0.1) is 30.1 Å². The largest absolute Gasteiger partial charge is 0.493 e. The van der Waals surface area contributed by atoms with Crippen LogP contribution in [-0.2, 0) is 17.8 Å². The summed E-state index contributed by atoms with van der Waals surface area (Å²) in [4.78, 5) is 18.4. The van der Waals surface area contributed by atoms with Gasteiger partial charge in [-0.3, -0.25) is 9.69 Å². The monoisotopic (exact) mass is 407 g/mol. The third-order valence-electron chi connectivity index (χ3n) is 4.32. The van der Waals surface area contributed by atoms with Crippen molar-refractivity contribution in [2.75, 3.05) is 12.0 Å². The molecule has 2 aromatic carbocycles. The Hall–Kier alpha value is -3.37. The van der Waals surface area contributed by atoms with E-state index in [0.29, 0.717) is 27.9 Å². The zero-order valence-electron chi connectivity index (χ0n) is 16.5. The van der Waals surface area contributed by atoms with E-state index < -0.39 is 0 Å². The minimum Gasteiger partial charge on any atom is -0.493 e. The normalized spacial score (nSPS) is 10.3. The smallest absolute Gasteiger partial charge is 0.230 e. The summed E-state index contributed by atoms with van der Waals surface area (Å²) in [6.45, 7) is 3.83. The van der Waals surface area contributed by atoms with Gasteiger partial charge in [-0.1, -0.05) is 19.1 Å². The molecular formula is C22H21N3O3S. The SMILES string of the molecule is CCc1ccc(N(C(C)=O)c2nc(COc3ccc(C#N)cc3OC)cs2)cc1. The minimum atomic E-state index is -0.107. The van der Waals surface area contributed by atoms with Crippen LogP contribution in [-0.4, -0.2) is 18.0 Å². The second kappa shape index (κ2) is 9.22. The highest BCUT2D eigenvalue weighted by atomic mass is 32.1. The van der Waals surface area contributed by atoms with Crippen LogP contribution in [0.4, 0.5) is 10.8 Å². The molecule has 0 N–H and O–H groups in total. The molecule has 7 heteroatoms. The number of carbonyl (C=O) groups excluding carboxylic acids is 1. The van der Waals surface area contributed by atoms with Crippen molar-refractivity contribution in [1.29, 1.82) is 5.26 Å². The molecule has 0 spiro atoms. The number of hydrogen-bond acceptors (Lipinski definition) is 6. The van der Waals surface area contributed by atoms with Crippen molar-refractivity contribution in [3.05, 3.63) is 64.7 Å². The molecule has 0 atom stereocenters. The molecule has 29 heavy (non-hydrogen) atoms. The molecule has 1 heterocycles. The van der Waals surface area contributed by atoms with E-state index in [1.54, 1.807) is 23.1 Å². The van der Waals surface area contributed by atoms with Crippen LogP contribution in [0.3, 0.4) is 0 Å². The van der Waals surface area contributed by atoms with Gasteiger partial charge in [-0.15, -0.1) is 11.3 Å². The molecule has 3 aromatic rings. The molecule has 0 aliphatic carbocycles. The number of aromatic nitrogens is 1. The molecule has 0 bridgehead atoms. The van der Waals surface area contributed by atoms with Crippen LogP contribution in [0.15, 0.2) is 47.8 Å². The second-order valence-corrected chi connectivity index (χ2v) is 7.10. The number of benzene rings is 2. The van der Waals surface area contributed by atoms with Gasteiger partial charge in [0, 0.05) is 18.4 Å². The summed E-state index contributed by atoms with van der Waals surface area (Å²) in [7, 11) is 1.53. The predicted octanol–water partition coefficient (Wildman–Crippen LogP) is 4.85. The lowest BCUT2D eigenvalue weighted by Crippen LogP contribution is -2.22. The number of methoxy groups -OCH3 is 1. The Balaban J connectivity index is 1.77. The molecule has 0 radical (unpaired) electrons. The first-order valence-electron chi connectivity index (χ1n) is 9.10. The fourth-order valence-corrected chi connectivity index (χ4v) is 3.65. The van der Waals surface area contributed by atoms with E-state index in [2.05, 4.69) is 18.0 Å². The van der Waals surface area contributed by atoms with E-state index in [1.807, 2.05) is 29.6 Å². The maximum atomic E-state index is 12.3. The standard InChI is InChI=1S/C22H21N3O3S/c1-4-16-5-8-19(9-6-16)25(15(2)26)22-24-18(14-29-22)13-28-20-10-7-17(12-23)11-21(20)27-3/h5-11,14H,4,13H2,1-3H3. The second-order valence-electron chi connectivity index (χ2n) is 6.26. The van der Waals surface area contributed by atoms with E-state index in [4.69, 9.17) is 14.7 Å². The quantitative estimate of drug-likeness (QED) is 0.560. The Morgan fingerprint density at radius 1 is 1.21 bits per heavy atom. The summed E-state index contributed by atoms with van der Waals surface area (Å²) >= 11 is 1.38. The van der Waals surface area contributed by atoms with Gasteiger partial charge in [-0.2, -0.15) is 5.26 Å². The number of aryl methyl sites for hydroxylation is 1. The topological polar surface area (TPSA) is 75.5 Å². The van der Waals surface area contributed by atoms with Crippen molar-refractivity contribution >= 4 is 28.1 Å². The Morgan fingerprint density at radius 3 is 2.59 bits per heavy atom. The molecule has 148 valence electrons. The summed E-state index contributed by atoms with van der Waals surface area (Å²) in [5.41, 5.74) is 3.19. The van der Waals surface area contributed by atoms with Gasteiger partial charge in [0.25, 0.3) is 0 Å². The molecule has 1 amide bonds. The third kappa shape index (κ3) is 4.73. The highest BCUT2D eigenvalue weighted by Crippen LogP contribution is 2.31. The summed E-state index contributed by atoms with van der Waals surface area (Å²) in [6.07, 6.45) is 0.942. The van der Waals surface area contributed by atoms with E-state index in [0.717, 1.165) is 12.1 Å². The summed E-state index contributed by atoms with van der Waals surface area (Å²) in [6, 6.07) is 14.9. The first-order chi connectivity index (χ1) is 14.0. The third-order valence-corrected chi connectivity index (χ3v) is 5.19. The van der Waals surface area contributed by atoms with Crippen molar-refractivity contribution in [2.45, 2.75) is 26.9 Å². The van der Waals surface area contributed by atoms with Crippen LogP contribution in [0.25, 0.3) is 0 Å². The first-order valence-corrected chi connectivity index (χ1v) is 9.98. The number of anilines is 2. The minimum absolute atomic E-state index is 0.107. The summed E-state index contributed by atoms with van der Waals surface area (Å²) < 4.78 is 11.1. The number of amides is 1. The molecule has 0 fully saturated rings. The Bertz CT molecular complexity index is 1040. The van der Waals surface area contributed by atoms with Crippen LogP contribution in [0.5, 0.6) is 11.5 Å². The number of carbonyl (C=O) groups is 1. The van der Waals surface area contributed by atoms with Gasteiger partial charge in [-0.05, 0) is 36.2 Å². The zero-order valence-corrected chi connectivity index (χ0v) is 17.3. The number of hydrogen-bond donors (Lipinski definition) is 0. The van der Waals surface area contributed by atoms with Gasteiger partial charge in [0.2, 0.25) is 5.91 Å². The van der Waals surface area contributed by atoms with Crippen molar-refractivity contribution in [3.63, 3.8) is 0 Å². The first kappa shape index (κ1) is 20.4. The van der Waals surface area contributed by atoms with Crippen LogP contribution in [0.1, 0.15) is 30.7 Å². The fourth-order valence-electron chi connectivity index (χ4n) is 2.78. The summed E-state index contributed by atoms with van der Waals surface area (Å²) in [5, 5.41) is 11.4. The molecule has 6 nitrogen and oxygen atoms in total. The Morgan fingerprint density at radius 2 is 1.97 bits per heavy atom. The van der Waals surface area contributed by atoms with Gasteiger partial charge in [-0.25, -0.2) is 4.98 Å². The number of thiazole rings is 1. The van der Waals surface area contributed by atoms with Gasteiger partial charge < -0.3 is 9.47 Å². The van der Waals surface area contributed by atoms with Gasteiger partial charge in [0.1, 0.15) is 6.61 Å². The van der Waals surface area contributed by atoms with Crippen LogP contribution >= 0.6 is 11.3 Å². The van der Waals surface area contributed by atoms with Gasteiger partial charge >= 0.3 is 0 Å². The number of rotatable bonds is 7. The number of ether oxygens (including phenoxy) is 2. The molecule has 0 saturated heterocycles. The average Bonchev–Trinajstić information content (AvgIpc) is 3.20. The molecule has 3 rings (SSSR count). The fraction of sp³-hybridized carbons (Fsp3) is 0.227. The van der Waals surface area contributed by atoms with Gasteiger partial charge in [0.15, 0.2) is 16.6 Å². The highest BCUT2D eigenvalue weighted by molar-refractivity contribution is 7.14. The Labute approximate surface area is 174 Å². The molecular weight excluding hydrogens is 386 g/mol.